The Balaban J connectivity index is 1.52. The minimum atomic E-state index is -4.37. The lowest BCUT2D eigenvalue weighted by atomic mass is 10.1. The molecular formula is C26H25F3N2O3S. The summed E-state index contributed by atoms with van der Waals surface area (Å²) >= 11 is 1.48. The maximum atomic E-state index is 12.9. The largest absolute Gasteiger partial charge is 0.493 e. The van der Waals surface area contributed by atoms with Gasteiger partial charge in [-0.1, -0.05) is 26.0 Å². The Labute approximate surface area is 204 Å². The lowest BCUT2D eigenvalue weighted by Gasteiger charge is -2.13. The van der Waals surface area contributed by atoms with E-state index in [1.807, 2.05) is 49.9 Å². The monoisotopic (exact) mass is 502 g/mol. The van der Waals surface area contributed by atoms with Crippen molar-refractivity contribution in [1.29, 1.82) is 0 Å². The molecule has 0 fully saturated rings. The van der Waals surface area contributed by atoms with Crippen LogP contribution in [-0.4, -0.2) is 27.2 Å². The van der Waals surface area contributed by atoms with Gasteiger partial charge < -0.3 is 14.4 Å². The van der Waals surface area contributed by atoms with Crippen LogP contribution in [0.2, 0.25) is 0 Å². The van der Waals surface area contributed by atoms with Gasteiger partial charge >= 0.3 is 12.1 Å². The Kier molecular flexibility index (Phi) is 6.89. The third-order valence-corrected chi connectivity index (χ3v) is 7.12. The number of ether oxygens (including phenoxy) is 1. The molecule has 0 aliphatic carbocycles. The number of benzene rings is 2. The zero-order valence-electron chi connectivity index (χ0n) is 19.5. The second-order valence-electron chi connectivity index (χ2n) is 8.48. The van der Waals surface area contributed by atoms with E-state index in [9.17, 15) is 23.1 Å². The van der Waals surface area contributed by atoms with Gasteiger partial charge in [0.25, 0.3) is 0 Å². The second kappa shape index (κ2) is 9.73. The molecule has 9 heteroatoms. The summed E-state index contributed by atoms with van der Waals surface area (Å²) in [6.07, 6.45) is -1.87. The van der Waals surface area contributed by atoms with Gasteiger partial charge in [-0.3, -0.25) is 4.79 Å². The molecule has 2 heterocycles. The Morgan fingerprint density at radius 2 is 1.91 bits per heavy atom. The molecule has 0 spiro atoms. The van der Waals surface area contributed by atoms with E-state index in [-0.39, 0.29) is 12.3 Å². The minimum Gasteiger partial charge on any atom is -0.493 e. The van der Waals surface area contributed by atoms with Gasteiger partial charge in [0.1, 0.15) is 10.8 Å². The van der Waals surface area contributed by atoms with Crippen LogP contribution in [0, 0.1) is 0 Å². The van der Waals surface area contributed by atoms with Crippen LogP contribution in [0.25, 0.3) is 21.5 Å². The third-order valence-electron chi connectivity index (χ3n) is 5.86. The third kappa shape index (κ3) is 5.35. The number of aliphatic carboxylic acids is 1. The number of halogens is 3. The van der Waals surface area contributed by atoms with Gasteiger partial charge in [0, 0.05) is 40.5 Å². The van der Waals surface area contributed by atoms with Crippen molar-refractivity contribution < 1.29 is 27.8 Å². The van der Waals surface area contributed by atoms with Gasteiger partial charge in [-0.15, -0.1) is 11.3 Å². The first-order valence-corrected chi connectivity index (χ1v) is 12.0. The van der Waals surface area contributed by atoms with Gasteiger partial charge in [-0.05, 0) is 42.3 Å². The molecule has 4 rings (SSSR count). The predicted molar refractivity (Wildman–Crippen MR) is 130 cm³/mol. The summed E-state index contributed by atoms with van der Waals surface area (Å²) in [5, 5.41) is 10.7. The molecule has 0 bridgehead atoms. The smallest absolute Gasteiger partial charge is 0.416 e. The Morgan fingerprint density at radius 3 is 2.54 bits per heavy atom. The standard InChI is InChI=1S/C26H25F3N2O3S/c1-4-22-24(30-25(35-22)16-5-7-18(8-6-16)26(27,28)29)15(2)14-34-19-9-10-21-20(12-19)17(11-23(32)33)13-31(21)3/h5-10,12-13,15H,4,11,14H2,1-3H3,(H,32,33). The number of aryl methyl sites for hydroxylation is 2. The van der Waals surface area contributed by atoms with E-state index in [0.29, 0.717) is 22.9 Å². The van der Waals surface area contributed by atoms with Crippen molar-refractivity contribution in [3.63, 3.8) is 0 Å². The number of nitrogens with zero attached hydrogens (tertiary/aromatic N) is 2. The van der Waals surface area contributed by atoms with Crippen molar-refractivity contribution in [2.75, 3.05) is 6.61 Å². The molecule has 5 nitrogen and oxygen atoms in total. The van der Waals surface area contributed by atoms with E-state index in [4.69, 9.17) is 9.72 Å². The highest BCUT2D eigenvalue weighted by Crippen LogP contribution is 2.35. The number of rotatable bonds is 8. The molecule has 0 amide bonds. The summed E-state index contributed by atoms with van der Waals surface area (Å²) < 4.78 is 46.6. The first-order valence-electron chi connectivity index (χ1n) is 11.2. The average Bonchev–Trinajstić information content (AvgIpc) is 3.38. The quantitative estimate of drug-likeness (QED) is 0.291. The highest BCUT2D eigenvalue weighted by atomic mass is 32.1. The molecule has 35 heavy (non-hydrogen) atoms. The maximum Gasteiger partial charge on any atom is 0.416 e. The molecule has 0 radical (unpaired) electrons. The number of aromatic nitrogens is 2. The van der Waals surface area contributed by atoms with Crippen LogP contribution in [-0.2, 0) is 30.9 Å². The topological polar surface area (TPSA) is 64.3 Å². The highest BCUT2D eigenvalue weighted by Gasteiger charge is 2.30. The molecule has 1 N–H and O–H groups in total. The highest BCUT2D eigenvalue weighted by molar-refractivity contribution is 7.15. The summed E-state index contributed by atoms with van der Waals surface area (Å²) in [5.74, 6) is -0.301. The SMILES string of the molecule is CCc1sc(-c2ccc(C(F)(F)F)cc2)nc1C(C)COc1ccc2c(c1)c(CC(=O)O)cn2C. The molecule has 0 saturated carbocycles. The van der Waals surface area contributed by atoms with E-state index in [1.165, 1.54) is 23.5 Å². The minimum absolute atomic E-state index is 0.0469. The fourth-order valence-corrected chi connectivity index (χ4v) is 5.20. The molecule has 2 aromatic carbocycles. The van der Waals surface area contributed by atoms with Gasteiger partial charge in [-0.25, -0.2) is 4.98 Å². The first-order chi connectivity index (χ1) is 16.6. The van der Waals surface area contributed by atoms with Crippen molar-refractivity contribution in [1.82, 2.24) is 9.55 Å². The van der Waals surface area contributed by atoms with Gasteiger partial charge in [0.2, 0.25) is 0 Å². The van der Waals surface area contributed by atoms with Crippen LogP contribution in [0.15, 0.2) is 48.7 Å². The van der Waals surface area contributed by atoms with Crippen LogP contribution in [0.4, 0.5) is 13.2 Å². The Morgan fingerprint density at radius 1 is 1.20 bits per heavy atom. The number of alkyl halides is 3. The van der Waals surface area contributed by atoms with E-state index in [1.54, 1.807) is 0 Å². The van der Waals surface area contributed by atoms with Crippen LogP contribution >= 0.6 is 11.3 Å². The average molecular weight is 503 g/mol. The van der Waals surface area contributed by atoms with Crippen molar-refractivity contribution >= 4 is 28.2 Å². The Bertz CT molecular complexity index is 1360. The summed E-state index contributed by atoms with van der Waals surface area (Å²) in [4.78, 5) is 17.0. The lowest BCUT2D eigenvalue weighted by molar-refractivity contribution is -0.138. The summed E-state index contributed by atoms with van der Waals surface area (Å²) in [6.45, 7) is 4.38. The zero-order valence-corrected chi connectivity index (χ0v) is 20.3. The zero-order chi connectivity index (χ0) is 25.3. The molecule has 4 aromatic rings. The second-order valence-corrected chi connectivity index (χ2v) is 9.57. The van der Waals surface area contributed by atoms with Gasteiger partial charge in [0.05, 0.1) is 24.3 Å². The first kappa shape index (κ1) is 24.8. The van der Waals surface area contributed by atoms with Gasteiger partial charge in [-0.2, -0.15) is 13.2 Å². The number of carboxylic acids is 1. The molecular weight excluding hydrogens is 477 g/mol. The summed E-state index contributed by atoms with van der Waals surface area (Å²) in [6, 6.07) is 10.7. The van der Waals surface area contributed by atoms with Crippen molar-refractivity contribution in [3.05, 3.63) is 70.4 Å². The molecule has 1 unspecified atom stereocenters. The van der Waals surface area contributed by atoms with Gasteiger partial charge in [0.15, 0.2) is 0 Å². The number of thiazole rings is 1. The number of hydrogen-bond donors (Lipinski definition) is 1. The molecule has 0 saturated heterocycles. The van der Waals surface area contributed by atoms with Crippen LogP contribution < -0.4 is 4.74 Å². The van der Waals surface area contributed by atoms with Crippen molar-refractivity contribution in [2.45, 2.75) is 38.8 Å². The molecule has 2 aromatic heterocycles. The predicted octanol–water partition coefficient (Wildman–Crippen LogP) is 6.69. The number of hydrogen-bond acceptors (Lipinski definition) is 4. The normalized spacial score (nSPS) is 12.7. The van der Waals surface area contributed by atoms with Crippen LogP contribution in [0.5, 0.6) is 5.75 Å². The molecule has 0 aliphatic heterocycles. The van der Waals surface area contributed by atoms with E-state index >= 15 is 0 Å². The molecule has 184 valence electrons. The van der Waals surface area contributed by atoms with Crippen LogP contribution in [0.3, 0.4) is 0 Å². The fourth-order valence-electron chi connectivity index (χ4n) is 4.07. The van der Waals surface area contributed by atoms with Crippen LogP contribution in [0.1, 0.15) is 41.5 Å². The van der Waals surface area contributed by atoms with E-state index < -0.39 is 17.7 Å². The number of fused-ring (bicyclic) bond motifs is 1. The Hall–Kier alpha value is -3.33. The van der Waals surface area contributed by atoms with E-state index in [2.05, 4.69) is 0 Å². The number of carboxylic acid groups (broad SMARTS) is 1. The summed E-state index contributed by atoms with van der Waals surface area (Å²) in [5.41, 5.74) is 2.49. The van der Waals surface area contributed by atoms with E-state index in [0.717, 1.165) is 45.6 Å². The molecule has 1 atom stereocenters. The van der Waals surface area contributed by atoms with Crippen molar-refractivity contribution in [2.24, 2.45) is 7.05 Å². The maximum absolute atomic E-state index is 12.9. The van der Waals surface area contributed by atoms with Crippen molar-refractivity contribution in [3.8, 4) is 16.3 Å². The molecule has 0 aliphatic rings. The number of carbonyl (C=O) groups is 1. The summed E-state index contributed by atoms with van der Waals surface area (Å²) in [7, 11) is 1.87. The lowest BCUT2D eigenvalue weighted by Crippen LogP contribution is -2.09. The fraction of sp³-hybridized carbons (Fsp3) is 0.308.